The molecule has 7 heteroatoms. The molecule has 0 saturated carbocycles. The summed E-state index contributed by atoms with van der Waals surface area (Å²) in [6.07, 6.45) is 6.16. The summed E-state index contributed by atoms with van der Waals surface area (Å²) in [5.41, 5.74) is 4.66. The summed E-state index contributed by atoms with van der Waals surface area (Å²) in [6.45, 7) is 3.76. The molecule has 3 aromatic heterocycles. The molecule has 4 aromatic rings. The largest absolute Gasteiger partial charge is 0.378 e. The lowest BCUT2D eigenvalue weighted by molar-refractivity contribution is 0.122. The Morgan fingerprint density at radius 1 is 1.03 bits per heavy atom. The van der Waals surface area contributed by atoms with Gasteiger partial charge in [-0.3, -0.25) is 9.36 Å². The summed E-state index contributed by atoms with van der Waals surface area (Å²) in [5.74, 6) is 1.10. The second-order valence-electron chi connectivity index (χ2n) is 8.32. The minimum absolute atomic E-state index is 0.0225. The molecule has 0 amide bonds. The van der Waals surface area contributed by atoms with Crippen LogP contribution in [0, 0.1) is 0 Å². The lowest BCUT2D eigenvalue weighted by Crippen LogP contribution is -2.37. The van der Waals surface area contributed by atoms with Gasteiger partial charge in [-0.1, -0.05) is 30.3 Å². The van der Waals surface area contributed by atoms with E-state index in [0.717, 1.165) is 66.3 Å². The molecule has 4 heterocycles. The predicted molar refractivity (Wildman–Crippen MR) is 124 cm³/mol. The number of aryl methyl sites for hydroxylation is 1. The number of hydrogen-bond donors (Lipinski definition) is 0. The van der Waals surface area contributed by atoms with Crippen LogP contribution >= 0.6 is 11.3 Å². The molecule has 31 heavy (non-hydrogen) atoms. The van der Waals surface area contributed by atoms with Gasteiger partial charge in [-0.05, 0) is 42.4 Å². The molecule has 1 aliphatic carbocycles. The number of thiophene rings is 1. The van der Waals surface area contributed by atoms with E-state index >= 15 is 0 Å². The van der Waals surface area contributed by atoms with E-state index in [9.17, 15) is 4.79 Å². The van der Waals surface area contributed by atoms with E-state index in [4.69, 9.17) is 14.7 Å². The van der Waals surface area contributed by atoms with Crippen LogP contribution in [0.3, 0.4) is 0 Å². The Morgan fingerprint density at radius 2 is 1.81 bits per heavy atom. The lowest BCUT2D eigenvalue weighted by Gasteiger charge is -2.31. The standard InChI is InChI=1S/C24H24N4O2S/c29-24-21-20(25-15-28(24)14-16-6-2-1-3-7-16)19-17-8-4-5-9-18(17)22(26-23(19)31-21)27-10-12-30-13-11-27/h1-3,6-7,15H,4-5,8-14H2. The van der Waals surface area contributed by atoms with Gasteiger partial charge in [-0.25, -0.2) is 9.97 Å². The second-order valence-corrected chi connectivity index (χ2v) is 9.32. The van der Waals surface area contributed by atoms with E-state index in [2.05, 4.69) is 4.90 Å². The van der Waals surface area contributed by atoms with Crippen molar-refractivity contribution in [2.75, 3.05) is 31.2 Å². The van der Waals surface area contributed by atoms with Crippen LogP contribution < -0.4 is 10.5 Å². The Bertz CT molecular complexity index is 1320. The summed E-state index contributed by atoms with van der Waals surface area (Å²) >= 11 is 1.50. The summed E-state index contributed by atoms with van der Waals surface area (Å²) in [7, 11) is 0. The van der Waals surface area contributed by atoms with Gasteiger partial charge in [-0.2, -0.15) is 0 Å². The molecule has 1 saturated heterocycles. The van der Waals surface area contributed by atoms with Crippen LogP contribution in [0.15, 0.2) is 41.5 Å². The van der Waals surface area contributed by atoms with Crippen LogP contribution in [0.4, 0.5) is 5.82 Å². The van der Waals surface area contributed by atoms with Gasteiger partial charge in [-0.15, -0.1) is 11.3 Å². The molecule has 0 atom stereocenters. The molecule has 0 radical (unpaired) electrons. The third-order valence-electron chi connectivity index (χ3n) is 6.40. The molecule has 0 spiro atoms. The van der Waals surface area contributed by atoms with Gasteiger partial charge in [0.1, 0.15) is 15.3 Å². The monoisotopic (exact) mass is 432 g/mol. The summed E-state index contributed by atoms with van der Waals surface area (Å²) in [5, 5.41) is 1.11. The van der Waals surface area contributed by atoms with Gasteiger partial charge >= 0.3 is 0 Å². The topological polar surface area (TPSA) is 60.3 Å². The van der Waals surface area contributed by atoms with Crippen LogP contribution in [0.25, 0.3) is 20.4 Å². The fourth-order valence-electron chi connectivity index (χ4n) is 4.86. The molecule has 0 unspecified atom stereocenters. The second kappa shape index (κ2) is 7.73. The van der Waals surface area contributed by atoms with Crippen molar-refractivity contribution in [2.24, 2.45) is 0 Å². The van der Waals surface area contributed by atoms with Crippen molar-refractivity contribution in [2.45, 2.75) is 32.2 Å². The Morgan fingerprint density at radius 3 is 2.61 bits per heavy atom. The highest BCUT2D eigenvalue weighted by molar-refractivity contribution is 7.25. The van der Waals surface area contributed by atoms with Crippen LogP contribution in [-0.4, -0.2) is 40.8 Å². The summed E-state index contributed by atoms with van der Waals surface area (Å²) in [6, 6.07) is 10.0. The van der Waals surface area contributed by atoms with Crippen LogP contribution in [0.1, 0.15) is 29.5 Å². The number of nitrogens with zero attached hydrogens (tertiary/aromatic N) is 4. The van der Waals surface area contributed by atoms with Crippen molar-refractivity contribution in [3.8, 4) is 0 Å². The predicted octanol–water partition coefficient (Wildman–Crippen LogP) is 3.77. The number of pyridine rings is 1. The summed E-state index contributed by atoms with van der Waals surface area (Å²) in [4.78, 5) is 26.5. The van der Waals surface area contributed by atoms with Gasteiger partial charge in [0.15, 0.2) is 0 Å². The molecule has 0 N–H and O–H groups in total. The van der Waals surface area contributed by atoms with Crippen LogP contribution in [0.5, 0.6) is 0 Å². The van der Waals surface area contributed by atoms with E-state index in [1.54, 1.807) is 10.9 Å². The molecular formula is C24H24N4O2S. The zero-order valence-corrected chi connectivity index (χ0v) is 18.2. The number of fused-ring (bicyclic) bond motifs is 5. The first-order valence-corrected chi connectivity index (χ1v) is 11.8. The Kier molecular flexibility index (Phi) is 4.73. The Hall–Kier alpha value is -2.77. The fraction of sp³-hybridized carbons (Fsp3) is 0.375. The number of morpholine rings is 1. The first-order valence-electron chi connectivity index (χ1n) is 11.0. The van der Waals surface area contributed by atoms with Crippen molar-refractivity contribution in [1.29, 1.82) is 0 Å². The van der Waals surface area contributed by atoms with Gasteiger partial charge in [0.05, 0.1) is 31.6 Å². The zero-order valence-electron chi connectivity index (χ0n) is 17.3. The van der Waals surface area contributed by atoms with Gasteiger partial charge in [0.2, 0.25) is 0 Å². The average Bonchev–Trinajstić information content (AvgIpc) is 3.21. The highest BCUT2D eigenvalue weighted by Gasteiger charge is 2.26. The maximum absolute atomic E-state index is 13.3. The Balaban J connectivity index is 1.53. The van der Waals surface area contributed by atoms with Crippen molar-refractivity contribution >= 4 is 37.6 Å². The maximum Gasteiger partial charge on any atom is 0.271 e. The quantitative estimate of drug-likeness (QED) is 0.493. The first-order chi connectivity index (χ1) is 15.3. The Labute approximate surface area is 184 Å². The number of anilines is 1. The molecule has 158 valence electrons. The lowest BCUT2D eigenvalue weighted by atomic mass is 9.90. The van der Waals surface area contributed by atoms with E-state index in [-0.39, 0.29) is 5.56 Å². The SMILES string of the molecule is O=c1c2sc3nc(N4CCOCC4)c4c(c3c2ncn1Cc1ccccc1)CCCC4. The minimum atomic E-state index is 0.0225. The molecule has 1 fully saturated rings. The van der Waals surface area contributed by atoms with E-state index in [1.165, 1.54) is 35.3 Å². The van der Waals surface area contributed by atoms with Crippen molar-refractivity contribution in [3.63, 3.8) is 0 Å². The maximum atomic E-state index is 13.3. The fourth-order valence-corrected chi connectivity index (χ4v) is 5.96. The molecule has 6 nitrogen and oxygen atoms in total. The molecular weight excluding hydrogens is 408 g/mol. The van der Waals surface area contributed by atoms with E-state index < -0.39 is 0 Å². The molecule has 2 aliphatic rings. The van der Waals surface area contributed by atoms with Crippen molar-refractivity contribution in [1.82, 2.24) is 14.5 Å². The van der Waals surface area contributed by atoms with Crippen LogP contribution in [0.2, 0.25) is 0 Å². The number of ether oxygens (including phenoxy) is 1. The van der Waals surface area contributed by atoms with Crippen molar-refractivity contribution in [3.05, 3.63) is 63.7 Å². The van der Waals surface area contributed by atoms with E-state index in [1.807, 2.05) is 30.3 Å². The van der Waals surface area contributed by atoms with Gasteiger partial charge in [0, 0.05) is 18.5 Å². The number of benzene rings is 1. The minimum Gasteiger partial charge on any atom is -0.378 e. The third-order valence-corrected chi connectivity index (χ3v) is 7.46. The number of rotatable bonds is 3. The summed E-state index contributed by atoms with van der Waals surface area (Å²) < 4.78 is 7.98. The zero-order chi connectivity index (χ0) is 20.8. The molecule has 1 aliphatic heterocycles. The van der Waals surface area contributed by atoms with Gasteiger partial charge in [0.25, 0.3) is 5.56 Å². The first kappa shape index (κ1) is 19.0. The smallest absolute Gasteiger partial charge is 0.271 e. The normalized spacial score (nSPS) is 16.7. The highest BCUT2D eigenvalue weighted by Crippen LogP contribution is 2.40. The van der Waals surface area contributed by atoms with Gasteiger partial charge < -0.3 is 9.64 Å². The highest BCUT2D eigenvalue weighted by atomic mass is 32.1. The number of aromatic nitrogens is 3. The van der Waals surface area contributed by atoms with Crippen molar-refractivity contribution < 1.29 is 4.74 Å². The third kappa shape index (κ3) is 3.23. The van der Waals surface area contributed by atoms with E-state index in [0.29, 0.717) is 11.2 Å². The molecule has 6 rings (SSSR count). The molecule has 1 aromatic carbocycles. The molecule has 0 bridgehead atoms. The van der Waals surface area contributed by atoms with Crippen LogP contribution in [-0.2, 0) is 24.1 Å². The number of hydrogen-bond acceptors (Lipinski definition) is 6. The average molecular weight is 433 g/mol.